The van der Waals surface area contributed by atoms with Crippen molar-refractivity contribution < 1.29 is 23.2 Å². The number of rotatable bonds is 8. The van der Waals surface area contributed by atoms with Crippen molar-refractivity contribution >= 4 is 50.6 Å². The number of amides is 2. The lowest BCUT2D eigenvalue weighted by molar-refractivity contribution is -0.129. The van der Waals surface area contributed by atoms with Crippen LogP contribution in [0.3, 0.4) is 0 Å². The molecule has 1 saturated heterocycles. The topological polar surface area (TPSA) is 125 Å². The Morgan fingerprint density at radius 1 is 1.16 bits per heavy atom. The molecule has 1 aliphatic heterocycles. The predicted octanol–water partition coefficient (Wildman–Crippen LogP) is 2.91. The molecule has 8 nitrogen and oxygen atoms in total. The molecule has 1 fully saturated rings. The van der Waals surface area contributed by atoms with Gasteiger partial charge >= 0.3 is 0 Å². The predicted molar refractivity (Wildman–Crippen MR) is 124 cm³/mol. The van der Waals surface area contributed by atoms with Crippen LogP contribution >= 0.6 is 23.1 Å². The summed E-state index contributed by atoms with van der Waals surface area (Å²) in [5.41, 5.74) is 3.23. The second kappa shape index (κ2) is 10.1. The fraction of sp³-hybridized carbons (Fsp3) is 0.400. The highest BCUT2D eigenvalue weighted by Gasteiger charge is 2.38. The first-order valence-electron chi connectivity index (χ1n) is 9.73. The van der Waals surface area contributed by atoms with E-state index in [2.05, 4.69) is 10.0 Å². The van der Waals surface area contributed by atoms with E-state index in [0.717, 1.165) is 46.6 Å². The SMILES string of the molecule is CS(=O)(=O)NCC(=O)Nc1cccc(-c2ccc([C@@]3(CC(=O)NO)CCCCS3)s2)c1. The molecule has 0 saturated carbocycles. The van der Waals surface area contributed by atoms with Gasteiger partial charge in [-0.3, -0.25) is 14.8 Å². The molecular formula is C20H25N3O5S3. The average molecular weight is 484 g/mol. The van der Waals surface area contributed by atoms with Crippen LogP contribution in [0.4, 0.5) is 5.69 Å². The summed E-state index contributed by atoms with van der Waals surface area (Å²) in [5.74, 6) is 0.119. The highest BCUT2D eigenvalue weighted by molar-refractivity contribution is 8.00. The van der Waals surface area contributed by atoms with Crippen molar-refractivity contribution in [3.63, 3.8) is 0 Å². The number of hydrogen-bond donors (Lipinski definition) is 4. The lowest BCUT2D eigenvalue weighted by Crippen LogP contribution is -2.32. The fourth-order valence-electron chi connectivity index (χ4n) is 3.46. The van der Waals surface area contributed by atoms with E-state index in [0.29, 0.717) is 5.69 Å². The van der Waals surface area contributed by atoms with Crippen LogP contribution in [0.1, 0.15) is 30.6 Å². The Morgan fingerprint density at radius 2 is 1.97 bits per heavy atom. The van der Waals surface area contributed by atoms with E-state index in [-0.39, 0.29) is 17.7 Å². The van der Waals surface area contributed by atoms with Crippen molar-refractivity contribution in [1.29, 1.82) is 0 Å². The summed E-state index contributed by atoms with van der Waals surface area (Å²) >= 11 is 3.36. The van der Waals surface area contributed by atoms with Crippen molar-refractivity contribution in [2.24, 2.45) is 0 Å². The normalized spacial score (nSPS) is 19.0. The van der Waals surface area contributed by atoms with E-state index in [1.807, 2.05) is 30.3 Å². The summed E-state index contributed by atoms with van der Waals surface area (Å²) in [6.45, 7) is -0.334. The van der Waals surface area contributed by atoms with E-state index in [1.54, 1.807) is 34.6 Å². The molecule has 2 amide bonds. The van der Waals surface area contributed by atoms with Gasteiger partial charge in [-0.25, -0.2) is 18.6 Å². The Morgan fingerprint density at radius 3 is 2.65 bits per heavy atom. The van der Waals surface area contributed by atoms with E-state index < -0.39 is 21.8 Å². The van der Waals surface area contributed by atoms with Gasteiger partial charge in [0.2, 0.25) is 21.8 Å². The van der Waals surface area contributed by atoms with Gasteiger partial charge in [-0.15, -0.1) is 23.1 Å². The molecule has 168 valence electrons. The first-order chi connectivity index (χ1) is 14.7. The molecule has 0 spiro atoms. The standard InChI is InChI=1S/C20H25N3O5S3/c1-31(27,28)21-13-19(25)22-15-6-4-5-14(11-15)16-7-8-17(30-16)20(12-18(24)23-26)9-2-3-10-29-20/h4-8,11,21,26H,2-3,9-10,12-13H2,1H3,(H,22,25)(H,23,24)/t20-/m0/s1. The summed E-state index contributed by atoms with van der Waals surface area (Å²) in [5, 5.41) is 11.7. The minimum Gasteiger partial charge on any atom is -0.325 e. The number of nitrogens with one attached hydrogen (secondary N) is 3. The van der Waals surface area contributed by atoms with Gasteiger partial charge in [0.25, 0.3) is 0 Å². The smallest absolute Gasteiger partial charge is 0.245 e. The zero-order valence-corrected chi connectivity index (χ0v) is 19.5. The molecule has 1 atom stereocenters. The highest BCUT2D eigenvalue weighted by atomic mass is 32.2. The fourth-order valence-corrected chi connectivity index (χ4v) is 6.74. The zero-order chi connectivity index (χ0) is 22.5. The van der Waals surface area contributed by atoms with Gasteiger partial charge in [0.1, 0.15) is 0 Å². The second-order valence-electron chi connectivity index (χ2n) is 7.40. The number of hydroxylamine groups is 1. The number of thiophene rings is 1. The molecule has 0 radical (unpaired) electrons. The zero-order valence-electron chi connectivity index (χ0n) is 17.0. The van der Waals surface area contributed by atoms with Crippen LogP contribution in [0.15, 0.2) is 36.4 Å². The Balaban J connectivity index is 1.78. The maximum atomic E-state index is 12.0. The van der Waals surface area contributed by atoms with Gasteiger partial charge in [0, 0.05) is 21.9 Å². The monoisotopic (exact) mass is 483 g/mol. The number of sulfonamides is 1. The second-order valence-corrected chi connectivity index (χ2v) is 11.8. The van der Waals surface area contributed by atoms with E-state index in [4.69, 9.17) is 5.21 Å². The van der Waals surface area contributed by atoms with Gasteiger partial charge in [0.15, 0.2) is 0 Å². The summed E-state index contributed by atoms with van der Waals surface area (Å²) in [6, 6.07) is 11.3. The van der Waals surface area contributed by atoms with Gasteiger partial charge in [-0.05, 0) is 48.4 Å². The lowest BCUT2D eigenvalue weighted by atomic mass is 9.94. The molecule has 4 N–H and O–H groups in total. The first-order valence-corrected chi connectivity index (χ1v) is 13.4. The molecule has 0 bridgehead atoms. The average Bonchev–Trinajstić information content (AvgIpc) is 3.24. The van der Waals surface area contributed by atoms with Crippen molar-refractivity contribution in [3.8, 4) is 10.4 Å². The summed E-state index contributed by atoms with van der Waals surface area (Å²) in [6.07, 6.45) is 4.23. The molecule has 0 aliphatic carbocycles. The lowest BCUT2D eigenvalue weighted by Gasteiger charge is -2.35. The van der Waals surface area contributed by atoms with Crippen LogP contribution in [0.5, 0.6) is 0 Å². The van der Waals surface area contributed by atoms with E-state index in [1.165, 1.54) is 0 Å². The molecule has 3 rings (SSSR count). The van der Waals surface area contributed by atoms with Crippen molar-refractivity contribution in [1.82, 2.24) is 10.2 Å². The Bertz CT molecular complexity index is 1050. The maximum absolute atomic E-state index is 12.0. The minimum atomic E-state index is -3.44. The third kappa shape index (κ3) is 6.53. The number of anilines is 1. The minimum absolute atomic E-state index is 0.220. The van der Waals surface area contributed by atoms with Gasteiger partial charge in [-0.1, -0.05) is 18.6 Å². The molecule has 2 heterocycles. The molecule has 11 heteroatoms. The summed E-state index contributed by atoms with van der Waals surface area (Å²) in [7, 11) is -3.44. The third-order valence-electron chi connectivity index (χ3n) is 4.90. The molecular weight excluding hydrogens is 458 g/mol. The number of carbonyl (C=O) groups is 2. The van der Waals surface area contributed by atoms with E-state index in [9.17, 15) is 18.0 Å². The van der Waals surface area contributed by atoms with Crippen LogP contribution < -0.4 is 15.5 Å². The highest BCUT2D eigenvalue weighted by Crippen LogP contribution is 2.50. The molecule has 31 heavy (non-hydrogen) atoms. The number of thioether (sulfide) groups is 1. The van der Waals surface area contributed by atoms with Crippen LogP contribution in [0.2, 0.25) is 0 Å². The van der Waals surface area contributed by atoms with Gasteiger partial charge < -0.3 is 5.32 Å². The summed E-state index contributed by atoms with van der Waals surface area (Å²) < 4.78 is 24.1. The third-order valence-corrected chi connectivity index (χ3v) is 8.66. The van der Waals surface area contributed by atoms with Gasteiger partial charge in [-0.2, -0.15) is 0 Å². The van der Waals surface area contributed by atoms with Crippen LogP contribution in [0, 0.1) is 0 Å². The van der Waals surface area contributed by atoms with Crippen LogP contribution in [0.25, 0.3) is 10.4 Å². The van der Waals surface area contributed by atoms with Crippen LogP contribution in [-0.4, -0.2) is 44.0 Å². The molecule has 1 aromatic heterocycles. The maximum Gasteiger partial charge on any atom is 0.245 e. The van der Waals surface area contributed by atoms with Crippen molar-refractivity contribution in [2.45, 2.75) is 30.4 Å². The molecule has 2 aromatic rings. The molecule has 0 unspecified atom stereocenters. The largest absolute Gasteiger partial charge is 0.325 e. The van der Waals surface area contributed by atoms with Crippen molar-refractivity contribution in [3.05, 3.63) is 41.3 Å². The Hall–Kier alpha value is -1.92. The molecule has 1 aliphatic rings. The number of hydrogen-bond acceptors (Lipinski definition) is 7. The summed E-state index contributed by atoms with van der Waals surface area (Å²) in [4.78, 5) is 26.0. The molecule has 1 aromatic carbocycles. The first kappa shape index (κ1) is 23.7. The Kier molecular flexibility index (Phi) is 7.76. The van der Waals surface area contributed by atoms with Crippen molar-refractivity contribution in [2.75, 3.05) is 23.9 Å². The number of carbonyl (C=O) groups excluding carboxylic acids is 2. The Labute approximate surface area is 189 Å². The van der Waals surface area contributed by atoms with Gasteiger partial charge in [0.05, 0.1) is 17.5 Å². The van der Waals surface area contributed by atoms with Crippen LogP contribution in [-0.2, 0) is 24.4 Å². The quantitative estimate of drug-likeness (QED) is 0.338. The van der Waals surface area contributed by atoms with E-state index >= 15 is 0 Å². The number of benzene rings is 1.